The van der Waals surface area contributed by atoms with E-state index in [2.05, 4.69) is 19.2 Å². The van der Waals surface area contributed by atoms with Gasteiger partial charge in [-0.25, -0.2) is 9.18 Å². The van der Waals surface area contributed by atoms with Gasteiger partial charge in [0.25, 0.3) is 0 Å². The van der Waals surface area contributed by atoms with Crippen LogP contribution in [0.25, 0.3) is 0 Å². The zero-order valence-corrected chi connectivity index (χ0v) is 19.1. The highest BCUT2D eigenvalue weighted by molar-refractivity contribution is 5.91. The molecule has 2 fully saturated rings. The second-order valence-corrected chi connectivity index (χ2v) is 9.53. The molecule has 0 aliphatic heterocycles. The summed E-state index contributed by atoms with van der Waals surface area (Å²) < 4.78 is 33.8. The molecule has 2 aliphatic carbocycles. The van der Waals surface area contributed by atoms with Gasteiger partial charge in [0.05, 0.1) is 5.56 Å². The SMILES string of the molecule is C=CCCc1ccc(OC(=O)c2ccc(C3CCC4CC(C=C)CCC4C3)cc2)c(F)c1F. The van der Waals surface area contributed by atoms with Crippen molar-refractivity contribution in [3.05, 3.63) is 90.0 Å². The van der Waals surface area contributed by atoms with Crippen LogP contribution < -0.4 is 4.74 Å². The number of aryl methyl sites for hydroxylation is 1. The van der Waals surface area contributed by atoms with Crippen LogP contribution in [0, 0.1) is 29.4 Å². The number of allylic oxidation sites excluding steroid dienone is 2. The average Bonchev–Trinajstić information content (AvgIpc) is 2.85. The van der Waals surface area contributed by atoms with E-state index < -0.39 is 23.4 Å². The van der Waals surface area contributed by atoms with Gasteiger partial charge in [-0.15, -0.1) is 13.2 Å². The topological polar surface area (TPSA) is 26.3 Å². The Morgan fingerprint density at radius 3 is 2.39 bits per heavy atom. The summed E-state index contributed by atoms with van der Waals surface area (Å²) in [5.41, 5.74) is 1.80. The van der Waals surface area contributed by atoms with E-state index in [-0.39, 0.29) is 5.56 Å². The first kappa shape index (κ1) is 23.4. The Kier molecular flexibility index (Phi) is 7.42. The summed E-state index contributed by atoms with van der Waals surface area (Å²) in [4.78, 5) is 12.5. The summed E-state index contributed by atoms with van der Waals surface area (Å²) in [5.74, 6) is -0.425. The number of fused-ring (bicyclic) bond motifs is 1. The summed E-state index contributed by atoms with van der Waals surface area (Å²) in [7, 11) is 0. The molecule has 0 aromatic heterocycles. The number of ether oxygens (including phenoxy) is 1. The predicted octanol–water partition coefficient (Wildman–Crippen LogP) is 7.79. The molecule has 4 unspecified atom stereocenters. The van der Waals surface area contributed by atoms with Crippen molar-refractivity contribution in [1.29, 1.82) is 0 Å². The lowest BCUT2D eigenvalue weighted by Crippen LogP contribution is -2.29. The zero-order chi connectivity index (χ0) is 23.4. The van der Waals surface area contributed by atoms with Gasteiger partial charge >= 0.3 is 5.97 Å². The van der Waals surface area contributed by atoms with Crippen LogP contribution in [0.3, 0.4) is 0 Å². The van der Waals surface area contributed by atoms with Crippen molar-refractivity contribution in [3.63, 3.8) is 0 Å². The molecular formula is C29H32F2O2. The maximum Gasteiger partial charge on any atom is 0.343 e. The molecule has 2 aromatic carbocycles. The molecule has 0 heterocycles. The van der Waals surface area contributed by atoms with Crippen molar-refractivity contribution < 1.29 is 18.3 Å². The first-order chi connectivity index (χ1) is 16.0. The number of hydrogen-bond donors (Lipinski definition) is 0. The molecule has 0 radical (unpaired) electrons. The fourth-order valence-electron chi connectivity index (χ4n) is 5.59. The molecule has 4 heteroatoms. The van der Waals surface area contributed by atoms with E-state index in [1.165, 1.54) is 49.8 Å². The second kappa shape index (κ2) is 10.5. The molecule has 0 saturated heterocycles. The third-order valence-electron chi connectivity index (χ3n) is 7.55. The van der Waals surface area contributed by atoms with Gasteiger partial charge in [0.1, 0.15) is 0 Å². The van der Waals surface area contributed by atoms with Gasteiger partial charge in [0, 0.05) is 0 Å². The Labute approximate surface area is 195 Å². The molecular weight excluding hydrogens is 418 g/mol. The normalized spacial score (nSPS) is 24.5. The largest absolute Gasteiger partial charge is 0.420 e. The van der Waals surface area contributed by atoms with Crippen molar-refractivity contribution in [3.8, 4) is 5.75 Å². The van der Waals surface area contributed by atoms with Crippen molar-refractivity contribution in [2.75, 3.05) is 0 Å². The molecule has 0 bridgehead atoms. The van der Waals surface area contributed by atoms with Gasteiger partial charge in [0.2, 0.25) is 5.82 Å². The highest BCUT2D eigenvalue weighted by atomic mass is 19.2. The zero-order valence-electron chi connectivity index (χ0n) is 19.1. The van der Waals surface area contributed by atoms with Crippen molar-refractivity contribution in [2.24, 2.45) is 17.8 Å². The van der Waals surface area contributed by atoms with E-state index in [9.17, 15) is 13.6 Å². The quantitative estimate of drug-likeness (QED) is 0.244. The van der Waals surface area contributed by atoms with Gasteiger partial charge in [-0.05, 0) is 104 Å². The highest BCUT2D eigenvalue weighted by Crippen LogP contribution is 2.47. The summed E-state index contributed by atoms with van der Waals surface area (Å²) in [5, 5.41) is 0. The van der Waals surface area contributed by atoms with Gasteiger partial charge in [-0.2, -0.15) is 4.39 Å². The van der Waals surface area contributed by atoms with Crippen LogP contribution in [-0.4, -0.2) is 5.97 Å². The van der Waals surface area contributed by atoms with E-state index in [0.29, 0.717) is 30.2 Å². The molecule has 2 aliphatic rings. The van der Waals surface area contributed by atoms with Gasteiger partial charge < -0.3 is 4.74 Å². The van der Waals surface area contributed by atoms with E-state index >= 15 is 0 Å². The monoisotopic (exact) mass is 450 g/mol. The minimum atomic E-state index is -1.13. The van der Waals surface area contributed by atoms with Crippen molar-refractivity contribution in [2.45, 2.75) is 57.3 Å². The fourth-order valence-corrected chi connectivity index (χ4v) is 5.59. The smallest absolute Gasteiger partial charge is 0.343 e. The minimum absolute atomic E-state index is 0.240. The standard InChI is InChI=1S/C29H32F2O2/c1-3-5-6-21-15-16-26(28(31)27(21)30)33-29(32)22-11-9-20(10-12-22)24-14-13-23-17-19(4-2)7-8-25(23)18-24/h3-4,9-12,15-16,19,23-25H,1-2,5-8,13-14,17-18H2. The van der Waals surface area contributed by atoms with E-state index in [1.807, 2.05) is 12.1 Å². The van der Waals surface area contributed by atoms with Crippen LogP contribution in [0.5, 0.6) is 5.75 Å². The second-order valence-electron chi connectivity index (χ2n) is 9.53. The summed E-state index contributed by atoms with van der Waals surface area (Å²) in [6.45, 7) is 7.57. The van der Waals surface area contributed by atoms with E-state index in [1.54, 1.807) is 18.2 Å². The molecule has 2 saturated carbocycles. The Bertz CT molecular complexity index is 1010. The Hall–Kier alpha value is -2.75. The van der Waals surface area contributed by atoms with Crippen LogP contribution in [0.1, 0.15) is 72.3 Å². The third kappa shape index (κ3) is 5.26. The number of benzene rings is 2. The number of hydrogen-bond acceptors (Lipinski definition) is 2. The van der Waals surface area contributed by atoms with Crippen LogP contribution >= 0.6 is 0 Å². The van der Waals surface area contributed by atoms with Crippen LogP contribution in [0.4, 0.5) is 8.78 Å². The Morgan fingerprint density at radius 1 is 0.939 bits per heavy atom. The molecule has 4 rings (SSSR count). The summed E-state index contributed by atoms with van der Waals surface area (Å²) in [6.07, 6.45) is 12.1. The highest BCUT2D eigenvalue weighted by Gasteiger charge is 2.35. The molecule has 0 spiro atoms. The molecule has 33 heavy (non-hydrogen) atoms. The lowest BCUT2D eigenvalue weighted by molar-refractivity contribution is 0.0726. The molecule has 2 nitrogen and oxygen atoms in total. The maximum atomic E-state index is 14.4. The molecule has 4 atom stereocenters. The predicted molar refractivity (Wildman–Crippen MR) is 127 cm³/mol. The molecule has 0 N–H and O–H groups in total. The van der Waals surface area contributed by atoms with E-state index in [0.717, 1.165) is 18.3 Å². The van der Waals surface area contributed by atoms with Gasteiger partial charge in [0.15, 0.2) is 11.6 Å². The van der Waals surface area contributed by atoms with Crippen LogP contribution in [0.2, 0.25) is 0 Å². The molecule has 0 amide bonds. The summed E-state index contributed by atoms with van der Waals surface area (Å²) in [6, 6.07) is 10.2. The lowest BCUT2D eigenvalue weighted by atomic mass is 9.64. The van der Waals surface area contributed by atoms with Crippen molar-refractivity contribution in [1.82, 2.24) is 0 Å². The van der Waals surface area contributed by atoms with Gasteiger partial charge in [-0.3, -0.25) is 0 Å². The van der Waals surface area contributed by atoms with E-state index in [4.69, 9.17) is 4.74 Å². The summed E-state index contributed by atoms with van der Waals surface area (Å²) >= 11 is 0. The minimum Gasteiger partial charge on any atom is -0.420 e. The van der Waals surface area contributed by atoms with Crippen LogP contribution in [-0.2, 0) is 6.42 Å². The number of esters is 1. The fraction of sp³-hybridized carbons (Fsp3) is 0.414. The average molecular weight is 451 g/mol. The molecule has 2 aromatic rings. The van der Waals surface area contributed by atoms with Crippen LogP contribution in [0.15, 0.2) is 61.7 Å². The molecule has 174 valence electrons. The third-order valence-corrected chi connectivity index (χ3v) is 7.55. The number of halogens is 2. The lowest BCUT2D eigenvalue weighted by Gasteiger charge is -2.41. The Balaban J connectivity index is 1.38. The number of rotatable bonds is 7. The first-order valence-corrected chi connectivity index (χ1v) is 12.0. The van der Waals surface area contributed by atoms with Gasteiger partial charge in [-0.1, -0.05) is 30.4 Å². The first-order valence-electron chi connectivity index (χ1n) is 12.0. The number of carbonyl (C=O) groups excluding carboxylic acids is 1. The number of carbonyl (C=O) groups is 1. The Morgan fingerprint density at radius 2 is 1.67 bits per heavy atom. The van der Waals surface area contributed by atoms with Crippen molar-refractivity contribution >= 4 is 5.97 Å². The maximum absolute atomic E-state index is 14.4.